The van der Waals surface area contributed by atoms with E-state index in [9.17, 15) is 4.79 Å². The second-order valence-corrected chi connectivity index (χ2v) is 6.66. The highest BCUT2D eigenvalue weighted by Gasteiger charge is 2.31. The fourth-order valence-electron chi connectivity index (χ4n) is 3.01. The summed E-state index contributed by atoms with van der Waals surface area (Å²) in [7, 11) is 3.89. The van der Waals surface area contributed by atoms with Gasteiger partial charge < -0.3 is 14.5 Å². The second-order valence-electron chi connectivity index (χ2n) is 6.66. The molecule has 0 bridgehead atoms. The first kappa shape index (κ1) is 18.3. The Labute approximate surface area is 154 Å². The Morgan fingerprint density at radius 3 is 2.96 bits per heavy atom. The molecule has 0 N–H and O–H groups in total. The van der Waals surface area contributed by atoms with Crippen molar-refractivity contribution in [3.63, 3.8) is 0 Å². The molecular formula is C19H25N5O2. The number of hydrogen-bond acceptors (Lipinski definition) is 6. The van der Waals surface area contributed by atoms with Gasteiger partial charge in [0.15, 0.2) is 5.82 Å². The van der Waals surface area contributed by atoms with Gasteiger partial charge in [0, 0.05) is 51.2 Å². The maximum absolute atomic E-state index is 12.8. The minimum absolute atomic E-state index is 0.0960. The van der Waals surface area contributed by atoms with E-state index in [1.807, 2.05) is 49.0 Å². The van der Waals surface area contributed by atoms with Crippen molar-refractivity contribution in [2.24, 2.45) is 0 Å². The van der Waals surface area contributed by atoms with E-state index in [0.717, 1.165) is 17.1 Å². The molecule has 0 unspecified atom stereocenters. The van der Waals surface area contributed by atoms with Gasteiger partial charge in [0.1, 0.15) is 11.9 Å². The molecule has 2 aromatic heterocycles. The number of pyridine rings is 1. The van der Waals surface area contributed by atoms with E-state index in [1.54, 1.807) is 12.4 Å². The number of nitrogens with zero attached hydrogens (tertiary/aromatic N) is 5. The lowest BCUT2D eigenvalue weighted by Gasteiger charge is -2.35. The third kappa shape index (κ3) is 4.35. The van der Waals surface area contributed by atoms with E-state index >= 15 is 0 Å². The zero-order chi connectivity index (χ0) is 18.5. The summed E-state index contributed by atoms with van der Waals surface area (Å²) >= 11 is 0. The molecule has 1 atom stereocenters. The second kappa shape index (κ2) is 8.23. The van der Waals surface area contributed by atoms with Gasteiger partial charge in [-0.2, -0.15) is 0 Å². The number of hydrogen-bond donors (Lipinski definition) is 0. The average molecular weight is 355 g/mol. The monoisotopic (exact) mass is 355 g/mol. The number of aromatic nitrogens is 3. The molecule has 3 heterocycles. The van der Waals surface area contributed by atoms with Crippen LogP contribution in [-0.2, 0) is 16.0 Å². The largest absolute Gasteiger partial charge is 0.377 e. The van der Waals surface area contributed by atoms with Crippen LogP contribution in [0.2, 0.25) is 0 Å². The summed E-state index contributed by atoms with van der Waals surface area (Å²) in [4.78, 5) is 30.0. The van der Waals surface area contributed by atoms with Gasteiger partial charge >= 0.3 is 0 Å². The van der Waals surface area contributed by atoms with E-state index in [1.165, 1.54) is 0 Å². The van der Waals surface area contributed by atoms with Crippen LogP contribution in [0.5, 0.6) is 0 Å². The molecular weight excluding hydrogens is 330 g/mol. The van der Waals surface area contributed by atoms with Crippen molar-refractivity contribution in [1.29, 1.82) is 0 Å². The Hall–Kier alpha value is -2.54. The molecule has 7 nitrogen and oxygen atoms in total. The van der Waals surface area contributed by atoms with Gasteiger partial charge in [-0.3, -0.25) is 9.78 Å². The molecule has 1 fully saturated rings. The van der Waals surface area contributed by atoms with Crippen LogP contribution in [0.25, 0.3) is 0 Å². The minimum atomic E-state index is -0.247. The molecule has 1 saturated heterocycles. The van der Waals surface area contributed by atoms with Gasteiger partial charge in [0.05, 0.1) is 13.2 Å². The highest BCUT2D eigenvalue weighted by Crippen LogP contribution is 2.24. The van der Waals surface area contributed by atoms with Crippen LogP contribution in [0, 0.1) is 6.92 Å². The number of morpholine rings is 1. The van der Waals surface area contributed by atoms with Crippen molar-refractivity contribution in [2.45, 2.75) is 25.8 Å². The van der Waals surface area contributed by atoms with Gasteiger partial charge in [-0.1, -0.05) is 6.07 Å². The van der Waals surface area contributed by atoms with Gasteiger partial charge in [0.25, 0.3) is 0 Å². The lowest BCUT2D eigenvalue weighted by atomic mass is 10.1. The molecule has 1 aliphatic heterocycles. The Kier molecular flexibility index (Phi) is 5.78. The molecule has 0 aliphatic carbocycles. The molecule has 0 spiro atoms. The van der Waals surface area contributed by atoms with Gasteiger partial charge in [-0.25, -0.2) is 9.97 Å². The van der Waals surface area contributed by atoms with Crippen LogP contribution >= 0.6 is 0 Å². The van der Waals surface area contributed by atoms with E-state index in [0.29, 0.717) is 38.4 Å². The topological polar surface area (TPSA) is 71.5 Å². The quantitative estimate of drug-likeness (QED) is 0.814. The number of anilines is 1. The van der Waals surface area contributed by atoms with Crippen LogP contribution in [-0.4, -0.2) is 59.6 Å². The summed E-state index contributed by atoms with van der Waals surface area (Å²) in [6.45, 7) is 3.47. The SMILES string of the molecule is Cc1cc(N(C)C)nc([C@H]2COCCN2C(=O)CCc2cccnc2)n1. The molecule has 2 aromatic rings. The van der Waals surface area contributed by atoms with Gasteiger partial charge in [0.2, 0.25) is 5.91 Å². The van der Waals surface area contributed by atoms with Crippen molar-refractivity contribution < 1.29 is 9.53 Å². The molecule has 1 amide bonds. The number of carbonyl (C=O) groups is 1. The third-order valence-electron chi connectivity index (χ3n) is 4.41. The standard InChI is InChI=1S/C19H25N5O2/c1-14-11-17(23(2)3)22-19(21-14)16-13-26-10-9-24(16)18(25)7-6-15-5-4-8-20-12-15/h4-5,8,11-12,16H,6-7,9-10,13H2,1-3H3/t16-/m1/s1. The Bertz CT molecular complexity index is 751. The molecule has 0 saturated carbocycles. The maximum Gasteiger partial charge on any atom is 0.223 e. The number of amides is 1. The van der Waals surface area contributed by atoms with E-state index < -0.39 is 0 Å². The van der Waals surface area contributed by atoms with Crippen LogP contribution in [0.15, 0.2) is 30.6 Å². The van der Waals surface area contributed by atoms with E-state index in [4.69, 9.17) is 4.74 Å². The Balaban J connectivity index is 1.76. The first-order chi connectivity index (χ1) is 12.5. The molecule has 138 valence electrons. The van der Waals surface area contributed by atoms with Gasteiger partial charge in [-0.15, -0.1) is 0 Å². The molecule has 3 rings (SSSR count). The lowest BCUT2D eigenvalue weighted by molar-refractivity contribution is -0.140. The number of rotatable bonds is 5. The average Bonchev–Trinajstić information content (AvgIpc) is 2.66. The molecule has 0 radical (unpaired) electrons. The number of carbonyl (C=O) groups excluding carboxylic acids is 1. The predicted octanol–water partition coefficient (Wildman–Crippen LogP) is 1.78. The van der Waals surface area contributed by atoms with Crippen LogP contribution in [0.1, 0.15) is 29.5 Å². The highest BCUT2D eigenvalue weighted by molar-refractivity contribution is 5.77. The Morgan fingerprint density at radius 2 is 2.23 bits per heavy atom. The van der Waals surface area contributed by atoms with Crippen molar-refractivity contribution in [3.05, 3.63) is 47.7 Å². The Morgan fingerprint density at radius 1 is 1.38 bits per heavy atom. The predicted molar refractivity (Wildman–Crippen MR) is 98.9 cm³/mol. The summed E-state index contributed by atoms with van der Waals surface area (Å²) in [5, 5.41) is 0. The molecule has 26 heavy (non-hydrogen) atoms. The normalized spacial score (nSPS) is 17.2. The maximum atomic E-state index is 12.8. The summed E-state index contributed by atoms with van der Waals surface area (Å²) in [5.74, 6) is 1.57. The van der Waals surface area contributed by atoms with Crippen LogP contribution in [0.3, 0.4) is 0 Å². The number of ether oxygens (including phenoxy) is 1. The minimum Gasteiger partial charge on any atom is -0.377 e. The van der Waals surface area contributed by atoms with Crippen molar-refractivity contribution in [1.82, 2.24) is 19.9 Å². The zero-order valence-electron chi connectivity index (χ0n) is 15.6. The lowest BCUT2D eigenvalue weighted by Crippen LogP contribution is -2.44. The van der Waals surface area contributed by atoms with Crippen molar-refractivity contribution >= 4 is 11.7 Å². The van der Waals surface area contributed by atoms with Crippen LogP contribution in [0.4, 0.5) is 5.82 Å². The van der Waals surface area contributed by atoms with Crippen molar-refractivity contribution in [3.8, 4) is 0 Å². The summed E-state index contributed by atoms with van der Waals surface area (Å²) in [5.41, 5.74) is 1.94. The fraction of sp³-hybridized carbons (Fsp3) is 0.474. The summed E-state index contributed by atoms with van der Waals surface area (Å²) in [6, 6.07) is 5.57. The summed E-state index contributed by atoms with van der Waals surface area (Å²) in [6.07, 6.45) is 4.65. The number of aryl methyl sites for hydroxylation is 2. The highest BCUT2D eigenvalue weighted by atomic mass is 16.5. The van der Waals surface area contributed by atoms with Crippen molar-refractivity contribution in [2.75, 3.05) is 38.8 Å². The third-order valence-corrected chi connectivity index (χ3v) is 4.41. The fourth-order valence-corrected chi connectivity index (χ4v) is 3.01. The first-order valence-corrected chi connectivity index (χ1v) is 8.83. The molecule has 1 aliphatic rings. The summed E-state index contributed by atoms with van der Waals surface area (Å²) < 4.78 is 5.62. The van der Waals surface area contributed by atoms with Gasteiger partial charge in [-0.05, 0) is 25.0 Å². The molecule has 0 aromatic carbocycles. The first-order valence-electron chi connectivity index (χ1n) is 8.83. The van der Waals surface area contributed by atoms with E-state index in [-0.39, 0.29) is 11.9 Å². The molecule has 7 heteroatoms. The zero-order valence-corrected chi connectivity index (χ0v) is 15.6. The smallest absolute Gasteiger partial charge is 0.223 e. The van der Waals surface area contributed by atoms with Crippen LogP contribution < -0.4 is 4.90 Å². The van der Waals surface area contributed by atoms with E-state index in [2.05, 4.69) is 15.0 Å².